The van der Waals surface area contributed by atoms with Crippen molar-refractivity contribution < 1.29 is 9.53 Å². The molecule has 0 fully saturated rings. The molecule has 2 rings (SSSR count). The van der Waals surface area contributed by atoms with Gasteiger partial charge in [-0.2, -0.15) is 0 Å². The van der Waals surface area contributed by atoms with Crippen molar-refractivity contribution in [3.8, 4) is 5.75 Å². The van der Waals surface area contributed by atoms with Crippen molar-refractivity contribution in [1.29, 1.82) is 0 Å². The summed E-state index contributed by atoms with van der Waals surface area (Å²) in [6.07, 6.45) is 1.38. The van der Waals surface area contributed by atoms with Crippen LogP contribution in [0.1, 0.15) is 16.8 Å². The van der Waals surface area contributed by atoms with Gasteiger partial charge in [0.1, 0.15) is 18.9 Å². The second-order valence-electron chi connectivity index (χ2n) is 5.52. The number of amides is 1. The van der Waals surface area contributed by atoms with E-state index in [1.807, 2.05) is 26.0 Å². The Morgan fingerprint density at radius 3 is 2.52 bits per heavy atom. The quantitative estimate of drug-likeness (QED) is 0.817. The maximum absolute atomic E-state index is 11.8. The zero-order chi connectivity index (χ0) is 16.8. The van der Waals surface area contributed by atoms with Gasteiger partial charge in [0.05, 0.1) is 12.9 Å². The predicted octanol–water partition coefficient (Wildman–Crippen LogP) is 1.36. The molecular weight excluding hydrogens is 294 g/mol. The van der Waals surface area contributed by atoms with Crippen molar-refractivity contribution >= 4 is 5.91 Å². The zero-order valence-corrected chi connectivity index (χ0v) is 13.6. The highest BCUT2D eigenvalue weighted by atomic mass is 16.5. The summed E-state index contributed by atoms with van der Waals surface area (Å²) in [7, 11) is 0. The number of rotatable bonds is 6. The summed E-state index contributed by atoms with van der Waals surface area (Å²) in [4.78, 5) is 27.5. The first-order valence-corrected chi connectivity index (χ1v) is 7.45. The van der Waals surface area contributed by atoms with Crippen LogP contribution in [0, 0.1) is 20.8 Å². The van der Waals surface area contributed by atoms with Gasteiger partial charge in [-0.3, -0.25) is 14.2 Å². The number of hydrogen-bond donors (Lipinski definition) is 1. The molecular formula is C17H21N3O3. The van der Waals surface area contributed by atoms with Crippen LogP contribution in [0.5, 0.6) is 5.75 Å². The number of hydrogen-bond acceptors (Lipinski definition) is 4. The topological polar surface area (TPSA) is 73.2 Å². The van der Waals surface area contributed by atoms with Crippen LogP contribution >= 0.6 is 0 Å². The third-order valence-electron chi connectivity index (χ3n) is 3.22. The van der Waals surface area contributed by atoms with Crippen LogP contribution in [0.2, 0.25) is 0 Å². The number of aryl methyl sites for hydroxylation is 3. The smallest absolute Gasteiger partial charge is 0.253 e. The van der Waals surface area contributed by atoms with Gasteiger partial charge in [0.25, 0.3) is 5.56 Å². The van der Waals surface area contributed by atoms with Crippen LogP contribution < -0.4 is 15.6 Å². The predicted molar refractivity (Wildman–Crippen MR) is 87.7 cm³/mol. The normalized spacial score (nSPS) is 10.4. The van der Waals surface area contributed by atoms with Crippen molar-refractivity contribution in [2.75, 3.05) is 13.2 Å². The van der Waals surface area contributed by atoms with E-state index < -0.39 is 0 Å². The van der Waals surface area contributed by atoms with Crippen LogP contribution in [-0.2, 0) is 11.3 Å². The highest BCUT2D eigenvalue weighted by Crippen LogP contribution is 2.15. The first-order chi connectivity index (χ1) is 10.9. The summed E-state index contributed by atoms with van der Waals surface area (Å²) in [6, 6.07) is 7.37. The minimum atomic E-state index is -0.248. The number of benzene rings is 1. The summed E-state index contributed by atoms with van der Waals surface area (Å²) >= 11 is 0. The van der Waals surface area contributed by atoms with Crippen molar-refractivity contribution in [2.45, 2.75) is 27.3 Å². The molecule has 0 unspecified atom stereocenters. The lowest BCUT2D eigenvalue weighted by Gasteiger charge is -2.10. The van der Waals surface area contributed by atoms with E-state index in [4.69, 9.17) is 4.74 Å². The van der Waals surface area contributed by atoms with Gasteiger partial charge in [0, 0.05) is 11.8 Å². The van der Waals surface area contributed by atoms with Crippen LogP contribution in [0.25, 0.3) is 0 Å². The van der Waals surface area contributed by atoms with Crippen molar-refractivity contribution in [2.24, 2.45) is 0 Å². The second kappa shape index (κ2) is 7.58. The molecule has 0 aliphatic heterocycles. The Labute approximate surface area is 135 Å². The summed E-state index contributed by atoms with van der Waals surface area (Å²) in [5.41, 5.74) is 2.67. The van der Waals surface area contributed by atoms with E-state index in [-0.39, 0.29) is 18.0 Å². The molecule has 1 aromatic heterocycles. The summed E-state index contributed by atoms with van der Waals surface area (Å²) in [5.74, 6) is 0.539. The van der Waals surface area contributed by atoms with E-state index in [0.29, 0.717) is 18.8 Å². The van der Waals surface area contributed by atoms with Crippen molar-refractivity contribution in [3.05, 3.63) is 57.8 Å². The average molecular weight is 315 g/mol. The monoisotopic (exact) mass is 315 g/mol. The number of nitrogens with one attached hydrogen (secondary N) is 1. The average Bonchev–Trinajstić information content (AvgIpc) is 2.46. The van der Waals surface area contributed by atoms with E-state index in [0.717, 1.165) is 16.9 Å². The SMILES string of the molecule is Cc1cc(C)cc(OCCNC(=O)Cn2cnc(C)cc2=O)c1. The first-order valence-electron chi connectivity index (χ1n) is 7.45. The number of carbonyl (C=O) groups excluding carboxylic acids is 1. The fourth-order valence-corrected chi connectivity index (χ4v) is 2.22. The van der Waals surface area contributed by atoms with Gasteiger partial charge in [-0.1, -0.05) is 6.07 Å². The molecule has 0 aliphatic rings. The standard InChI is InChI=1S/C17H21N3O3/c1-12-6-13(2)8-15(7-12)23-5-4-18-16(21)10-20-11-19-14(3)9-17(20)22/h6-9,11H,4-5,10H2,1-3H3,(H,18,21). The maximum Gasteiger partial charge on any atom is 0.253 e. The second-order valence-corrected chi connectivity index (χ2v) is 5.52. The van der Waals surface area contributed by atoms with Gasteiger partial charge >= 0.3 is 0 Å². The summed E-state index contributed by atoms with van der Waals surface area (Å²) < 4.78 is 6.88. The fraction of sp³-hybridized carbons (Fsp3) is 0.353. The lowest BCUT2D eigenvalue weighted by atomic mass is 10.1. The van der Waals surface area contributed by atoms with Crippen molar-refractivity contribution in [3.63, 3.8) is 0 Å². The largest absolute Gasteiger partial charge is 0.492 e. The van der Waals surface area contributed by atoms with E-state index in [2.05, 4.69) is 16.4 Å². The summed E-state index contributed by atoms with van der Waals surface area (Å²) in [5, 5.41) is 2.72. The Morgan fingerprint density at radius 1 is 1.17 bits per heavy atom. The molecule has 0 saturated heterocycles. The van der Waals surface area contributed by atoms with Gasteiger partial charge in [-0.05, 0) is 44.0 Å². The Bertz CT molecular complexity index is 733. The lowest BCUT2D eigenvalue weighted by molar-refractivity contribution is -0.121. The van der Waals surface area contributed by atoms with E-state index in [1.54, 1.807) is 6.92 Å². The number of nitrogens with zero attached hydrogens (tertiary/aromatic N) is 2. The molecule has 0 saturated carbocycles. The molecule has 23 heavy (non-hydrogen) atoms. The minimum Gasteiger partial charge on any atom is -0.492 e. The van der Waals surface area contributed by atoms with Crippen LogP contribution in [0.15, 0.2) is 35.4 Å². The van der Waals surface area contributed by atoms with Gasteiger partial charge in [0.15, 0.2) is 0 Å². The Kier molecular flexibility index (Phi) is 5.51. The fourth-order valence-electron chi connectivity index (χ4n) is 2.22. The highest BCUT2D eigenvalue weighted by Gasteiger charge is 2.05. The minimum absolute atomic E-state index is 0.0460. The molecule has 1 aromatic carbocycles. The molecule has 0 aliphatic carbocycles. The third-order valence-corrected chi connectivity index (χ3v) is 3.22. The van der Waals surface area contributed by atoms with Gasteiger partial charge in [0.2, 0.25) is 5.91 Å². The van der Waals surface area contributed by atoms with Crippen LogP contribution in [0.3, 0.4) is 0 Å². The van der Waals surface area contributed by atoms with E-state index in [1.165, 1.54) is 17.0 Å². The Morgan fingerprint density at radius 2 is 1.87 bits per heavy atom. The molecule has 1 amide bonds. The number of carbonyl (C=O) groups is 1. The molecule has 1 heterocycles. The molecule has 0 atom stereocenters. The maximum atomic E-state index is 11.8. The highest BCUT2D eigenvalue weighted by molar-refractivity contribution is 5.75. The molecule has 0 spiro atoms. The van der Waals surface area contributed by atoms with Crippen molar-refractivity contribution in [1.82, 2.24) is 14.9 Å². The zero-order valence-electron chi connectivity index (χ0n) is 13.6. The Hall–Kier alpha value is -2.63. The molecule has 2 aromatic rings. The molecule has 122 valence electrons. The van der Waals surface area contributed by atoms with E-state index >= 15 is 0 Å². The molecule has 0 bridgehead atoms. The van der Waals surface area contributed by atoms with E-state index in [9.17, 15) is 9.59 Å². The van der Waals surface area contributed by atoms with Gasteiger partial charge in [-0.25, -0.2) is 4.98 Å². The van der Waals surface area contributed by atoms with Crippen LogP contribution in [0.4, 0.5) is 0 Å². The van der Waals surface area contributed by atoms with Crippen LogP contribution in [-0.4, -0.2) is 28.6 Å². The number of aromatic nitrogens is 2. The molecule has 6 heteroatoms. The van der Waals surface area contributed by atoms with Gasteiger partial charge < -0.3 is 10.1 Å². The summed E-state index contributed by atoms with van der Waals surface area (Å²) in [6.45, 7) is 6.45. The Balaban J connectivity index is 1.77. The first kappa shape index (κ1) is 16.7. The molecule has 0 radical (unpaired) electrons. The lowest BCUT2D eigenvalue weighted by Crippen LogP contribution is -2.34. The molecule has 6 nitrogen and oxygen atoms in total. The number of ether oxygens (including phenoxy) is 1. The molecule has 1 N–H and O–H groups in total. The van der Waals surface area contributed by atoms with Gasteiger partial charge in [-0.15, -0.1) is 0 Å². The third kappa shape index (κ3) is 5.25.